The lowest BCUT2D eigenvalue weighted by atomic mass is 10.2. The highest BCUT2D eigenvalue weighted by Crippen LogP contribution is 2.19. The van der Waals surface area contributed by atoms with Gasteiger partial charge in [-0.3, -0.25) is 4.74 Å². The third-order valence-corrected chi connectivity index (χ3v) is 1.94. The largest absolute Gasteiger partial charge is 0.362 e. The minimum Gasteiger partial charge on any atom is -0.303 e. The van der Waals surface area contributed by atoms with Gasteiger partial charge in [-0.1, -0.05) is 6.92 Å². The molecule has 3 nitrogen and oxygen atoms in total. The van der Waals surface area contributed by atoms with E-state index in [1.807, 2.05) is 25.9 Å². The third kappa shape index (κ3) is 2.73. The van der Waals surface area contributed by atoms with Gasteiger partial charge in [0.2, 0.25) is 0 Å². The molecule has 0 N–H and O–H groups in total. The molecule has 0 fully saturated rings. The molecular formula is C9H21NO2+. The van der Waals surface area contributed by atoms with Gasteiger partial charge < -0.3 is 4.74 Å². The highest BCUT2D eigenvalue weighted by molar-refractivity contribution is 4.69. The Balaban J connectivity index is 4.28. The summed E-state index contributed by atoms with van der Waals surface area (Å²) in [4.78, 5) is 1.97. The van der Waals surface area contributed by atoms with E-state index in [0.29, 0.717) is 6.61 Å². The molecule has 12 heavy (non-hydrogen) atoms. The smallest absolute Gasteiger partial charge is 0.303 e. The lowest BCUT2D eigenvalue weighted by Crippen LogP contribution is -2.52. The first-order chi connectivity index (χ1) is 5.63. The van der Waals surface area contributed by atoms with E-state index < -0.39 is 5.91 Å². The van der Waals surface area contributed by atoms with Crippen molar-refractivity contribution in [2.45, 2.75) is 32.6 Å². The lowest BCUT2D eigenvalue weighted by molar-refractivity contribution is -0.267. The summed E-state index contributed by atoms with van der Waals surface area (Å²) in [6.45, 7) is 4.77. The van der Waals surface area contributed by atoms with Crippen LogP contribution in [0.15, 0.2) is 0 Å². The molecule has 0 spiro atoms. The summed E-state index contributed by atoms with van der Waals surface area (Å²) in [5.74, 6) is -0.524. The zero-order valence-electron chi connectivity index (χ0n) is 8.89. The fourth-order valence-corrected chi connectivity index (χ4v) is 1.31. The predicted molar refractivity (Wildman–Crippen MR) is 50.3 cm³/mol. The number of hydrogen-bond acceptors (Lipinski definition) is 3. The molecule has 0 amide bonds. The molecule has 73 valence electrons. The minimum atomic E-state index is -0.524. The summed E-state index contributed by atoms with van der Waals surface area (Å²) < 4.78 is 11.0. The van der Waals surface area contributed by atoms with Crippen molar-refractivity contribution in [2.24, 2.45) is 0 Å². The van der Waals surface area contributed by atoms with Gasteiger partial charge in [0.15, 0.2) is 0 Å². The molecule has 0 aromatic carbocycles. The highest BCUT2D eigenvalue weighted by Gasteiger charge is 2.41. The van der Waals surface area contributed by atoms with Crippen LogP contribution in [0.5, 0.6) is 0 Å². The van der Waals surface area contributed by atoms with E-state index in [0.717, 1.165) is 12.8 Å². The maximum absolute atomic E-state index is 5.58. The van der Waals surface area contributed by atoms with Gasteiger partial charge in [-0.05, 0) is 13.3 Å². The van der Waals surface area contributed by atoms with E-state index >= 15 is 0 Å². The van der Waals surface area contributed by atoms with E-state index in [2.05, 4.69) is 6.92 Å². The average molecular weight is 175 g/mol. The number of nitrogens with zero attached hydrogens (tertiary/aromatic N) is 1. The van der Waals surface area contributed by atoms with Crippen LogP contribution in [0, 0.1) is 0 Å². The van der Waals surface area contributed by atoms with Gasteiger partial charge in [0.05, 0.1) is 13.0 Å². The normalized spacial score (nSPS) is 16.5. The van der Waals surface area contributed by atoms with Crippen LogP contribution < -0.4 is 4.90 Å². The van der Waals surface area contributed by atoms with Gasteiger partial charge in [0.25, 0.3) is 0 Å². The first kappa shape index (κ1) is 11.9. The number of methoxy groups -OCH3 is 1. The van der Waals surface area contributed by atoms with Gasteiger partial charge in [0, 0.05) is 7.11 Å². The maximum Gasteiger partial charge on any atom is 0.362 e. The molecule has 3 heteroatoms. The van der Waals surface area contributed by atoms with Crippen LogP contribution >= 0.6 is 0 Å². The highest BCUT2D eigenvalue weighted by atomic mass is 16.7. The second kappa shape index (κ2) is 5.51. The second-order valence-corrected chi connectivity index (χ2v) is 2.99. The van der Waals surface area contributed by atoms with Crippen LogP contribution in [0.25, 0.3) is 0 Å². The molecule has 1 radical (unpaired) electrons. The fourth-order valence-electron chi connectivity index (χ4n) is 1.31. The Bertz CT molecular complexity index is 109. The van der Waals surface area contributed by atoms with Crippen molar-refractivity contribution in [1.82, 2.24) is 4.90 Å². The molecule has 0 aliphatic rings. The summed E-state index contributed by atoms with van der Waals surface area (Å²) in [6.07, 6.45) is 1.94. The summed E-state index contributed by atoms with van der Waals surface area (Å²) in [5.41, 5.74) is 0. The van der Waals surface area contributed by atoms with Crippen molar-refractivity contribution in [3.05, 3.63) is 0 Å². The Morgan fingerprint density at radius 2 is 1.83 bits per heavy atom. The van der Waals surface area contributed by atoms with E-state index in [1.165, 1.54) is 0 Å². The summed E-state index contributed by atoms with van der Waals surface area (Å²) in [6, 6.07) is 0. The van der Waals surface area contributed by atoms with Crippen molar-refractivity contribution < 1.29 is 9.47 Å². The summed E-state index contributed by atoms with van der Waals surface area (Å²) in [5, 5.41) is 0. The zero-order chi connectivity index (χ0) is 9.61. The fraction of sp³-hybridized carbons (Fsp3) is 1.00. The topological polar surface area (TPSA) is 24.4 Å². The van der Waals surface area contributed by atoms with Crippen molar-refractivity contribution in [3.8, 4) is 0 Å². The molecule has 0 bridgehead atoms. The molecule has 0 aliphatic heterocycles. The molecule has 0 rings (SSSR count). The molecule has 1 unspecified atom stereocenters. The monoisotopic (exact) mass is 175 g/mol. The molecule has 0 heterocycles. The van der Waals surface area contributed by atoms with Gasteiger partial charge in [0.1, 0.15) is 14.1 Å². The quantitative estimate of drug-likeness (QED) is 0.451. The summed E-state index contributed by atoms with van der Waals surface area (Å²) in [7, 11) is 5.62. The minimum absolute atomic E-state index is 0.524. The van der Waals surface area contributed by atoms with Gasteiger partial charge in [-0.25, -0.2) is 0 Å². The lowest BCUT2D eigenvalue weighted by Gasteiger charge is -2.28. The van der Waals surface area contributed by atoms with Crippen molar-refractivity contribution in [3.63, 3.8) is 0 Å². The first-order valence-electron chi connectivity index (χ1n) is 4.49. The van der Waals surface area contributed by atoms with Gasteiger partial charge >= 0.3 is 5.91 Å². The SMILES string of the molecule is CCCC(OC)(OCC)[N+](C)C. The van der Waals surface area contributed by atoms with Crippen LogP contribution in [0.2, 0.25) is 0 Å². The number of ether oxygens (including phenoxy) is 2. The first-order valence-corrected chi connectivity index (χ1v) is 4.49. The Hall–Kier alpha value is -0.120. The molecule has 0 saturated carbocycles. The number of rotatable bonds is 6. The predicted octanol–water partition coefficient (Wildman–Crippen LogP) is 1.52. The van der Waals surface area contributed by atoms with E-state index in [9.17, 15) is 0 Å². The molecule has 0 saturated heterocycles. The second-order valence-electron chi connectivity index (χ2n) is 2.99. The van der Waals surface area contributed by atoms with Gasteiger partial charge in [-0.15, -0.1) is 4.90 Å². The Morgan fingerprint density at radius 1 is 1.25 bits per heavy atom. The van der Waals surface area contributed by atoms with E-state index in [-0.39, 0.29) is 0 Å². The third-order valence-electron chi connectivity index (χ3n) is 1.94. The number of hydrogen-bond donors (Lipinski definition) is 0. The van der Waals surface area contributed by atoms with E-state index in [4.69, 9.17) is 9.47 Å². The molecule has 1 atom stereocenters. The Kier molecular flexibility index (Phi) is 5.46. The van der Waals surface area contributed by atoms with E-state index in [1.54, 1.807) is 7.11 Å². The molecule has 0 aromatic heterocycles. The molecule has 0 aromatic rings. The van der Waals surface area contributed by atoms with Gasteiger partial charge in [-0.2, -0.15) is 0 Å². The maximum atomic E-state index is 5.58. The molecule has 0 aliphatic carbocycles. The van der Waals surface area contributed by atoms with Crippen LogP contribution in [0.3, 0.4) is 0 Å². The molecular weight excluding hydrogens is 154 g/mol. The van der Waals surface area contributed by atoms with Crippen LogP contribution in [-0.2, 0) is 9.47 Å². The van der Waals surface area contributed by atoms with Crippen LogP contribution in [0.1, 0.15) is 26.7 Å². The summed E-state index contributed by atoms with van der Waals surface area (Å²) >= 11 is 0. The zero-order valence-corrected chi connectivity index (χ0v) is 8.89. The Morgan fingerprint density at radius 3 is 2.08 bits per heavy atom. The van der Waals surface area contributed by atoms with Crippen molar-refractivity contribution >= 4 is 0 Å². The van der Waals surface area contributed by atoms with Crippen LogP contribution in [0.4, 0.5) is 0 Å². The van der Waals surface area contributed by atoms with Crippen molar-refractivity contribution in [1.29, 1.82) is 0 Å². The Labute approximate surface area is 75.6 Å². The van der Waals surface area contributed by atoms with Crippen molar-refractivity contribution in [2.75, 3.05) is 27.8 Å². The standard InChI is InChI=1S/C9H21NO2/c1-6-8-9(11-5,10(3)4)12-7-2/h6-8H2,1-5H3/q+1. The van der Waals surface area contributed by atoms with Crippen LogP contribution in [-0.4, -0.2) is 33.7 Å². The average Bonchev–Trinajstić information content (AvgIpc) is 2.03.